The molecule has 4 nitrogen and oxygen atoms in total. The van der Waals surface area contributed by atoms with Gasteiger partial charge in [0.25, 0.3) is 0 Å². The van der Waals surface area contributed by atoms with Crippen LogP contribution in [0.3, 0.4) is 0 Å². The first kappa shape index (κ1) is 17.7. The van der Waals surface area contributed by atoms with E-state index in [0.29, 0.717) is 35.7 Å². The molecule has 118 valence electrons. The molecule has 0 saturated carbocycles. The van der Waals surface area contributed by atoms with E-state index in [0.717, 1.165) is 18.4 Å². The van der Waals surface area contributed by atoms with Gasteiger partial charge in [-0.05, 0) is 42.5 Å². The fourth-order valence-electron chi connectivity index (χ4n) is 2.38. The predicted octanol–water partition coefficient (Wildman–Crippen LogP) is 2.98. The molecule has 21 heavy (non-hydrogen) atoms. The van der Waals surface area contributed by atoms with Crippen molar-refractivity contribution < 1.29 is 8.42 Å². The zero-order valence-electron chi connectivity index (χ0n) is 13.2. The number of hydrogen-bond acceptors (Lipinski definition) is 3. The molecular formula is C16H26N2O2S. The molecular weight excluding hydrogens is 284 g/mol. The van der Waals surface area contributed by atoms with Gasteiger partial charge >= 0.3 is 0 Å². The van der Waals surface area contributed by atoms with Crippen LogP contribution in [-0.2, 0) is 22.9 Å². The SMILES string of the molecule is C=CCN(CCC)S(=O)(=O)c1cc(CC)cc(N)c1CC. The summed E-state index contributed by atoms with van der Waals surface area (Å²) in [5, 5.41) is 0. The van der Waals surface area contributed by atoms with Gasteiger partial charge in [0.2, 0.25) is 10.0 Å². The van der Waals surface area contributed by atoms with Gasteiger partial charge in [-0.25, -0.2) is 8.42 Å². The van der Waals surface area contributed by atoms with E-state index in [1.54, 1.807) is 12.1 Å². The van der Waals surface area contributed by atoms with Crippen molar-refractivity contribution in [2.75, 3.05) is 18.8 Å². The fourth-order valence-corrected chi connectivity index (χ4v) is 4.26. The first-order valence-electron chi connectivity index (χ1n) is 7.44. The van der Waals surface area contributed by atoms with Gasteiger partial charge in [0.1, 0.15) is 0 Å². The number of nitrogen functional groups attached to an aromatic ring is 1. The molecule has 0 radical (unpaired) electrons. The average Bonchev–Trinajstić information content (AvgIpc) is 2.46. The van der Waals surface area contributed by atoms with Gasteiger partial charge in [0, 0.05) is 18.8 Å². The Hall–Kier alpha value is -1.33. The highest BCUT2D eigenvalue weighted by Gasteiger charge is 2.26. The molecule has 0 saturated heterocycles. The van der Waals surface area contributed by atoms with E-state index in [2.05, 4.69) is 6.58 Å². The molecule has 0 aromatic heterocycles. The second kappa shape index (κ2) is 7.61. The number of hydrogen-bond donors (Lipinski definition) is 1. The van der Waals surface area contributed by atoms with Gasteiger partial charge < -0.3 is 5.73 Å². The van der Waals surface area contributed by atoms with E-state index >= 15 is 0 Å². The molecule has 0 atom stereocenters. The zero-order chi connectivity index (χ0) is 16.0. The van der Waals surface area contributed by atoms with Crippen molar-refractivity contribution in [2.24, 2.45) is 0 Å². The topological polar surface area (TPSA) is 63.4 Å². The first-order chi connectivity index (χ1) is 9.92. The van der Waals surface area contributed by atoms with Crippen LogP contribution in [0.2, 0.25) is 0 Å². The van der Waals surface area contributed by atoms with Crippen LogP contribution < -0.4 is 5.73 Å². The molecule has 0 aliphatic heterocycles. The third kappa shape index (κ3) is 3.86. The molecule has 0 aliphatic carbocycles. The van der Waals surface area contributed by atoms with Crippen LogP contribution in [0, 0.1) is 0 Å². The van der Waals surface area contributed by atoms with Crippen LogP contribution in [0.1, 0.15) is 38.3 Å². The number of rotatable bonds is 8. The zero-order valence-corrected chi connectivity index (χ0v) is 14.0. The molecule has 0 unspecified atom stereocenters. The second-order valence-corrected chi connectivity index (χ2v) is 6.93. The molecule has 0 spiro atoms. The first-order valence-corrected chi connectivity index (χ1v) is 8.88. The van der Waals surface area contributed by atoms with Crippen molar-refractivity contribution in [3.63, 3.8) is 0 Å². The summed E-state index contributed by atoms with van der Waals surface area (Å²) in [5.74, 6) is 0. The Kier molecular flexibility index (Phi) is 6.42. The molecule has 0 heterocycles. The highest BCUT2D eigenvalue weighted by Crippen LogP contribution is 2.28. The molecule has 0 fully saturated rings. The van der Waals surface area contributed by atoms with Crippen molar-refractivity contribution in [3.05, 3.63) is 35.9 Å². The molecule has 0 amide bonds. The number of nitrogens with zero attached hydrogens (tertiary/aromatic N) is 1. The van der Waals surface area contributed by atoms with Crippen LogP contribution in [0.5, 0.6) is 0 Å². The minimum absolute atomic E-state index is 0.315. The standard InChI is InChI=1S/C16H26N2O2S/c1-5-9-18(10-6-2)21(19,20)16-12-13(7-3)11-15(17)14(16)8-4/h5,11-12H,1,6-10,17H2,2-4H3. The van der Waals surface area contributed by atoms with Gasteiger partial charge in [-0.15, -0.1) is 6.58 Å². The smallest absolute Gasteiger partial charge is 0.243 e. The van der Waals surface area contributed by atoms with Gasteiger partial charge in [0.05, 0.1) is 4.90 Å². The average molecular weight is 310 g/mol. The molecule has 1 rings (SSSR count). The summed E-state index contributed by atoms with van der Waals surface area (Å²) < 4.78 is 27.3. The summed E-state index contributed by atoms with van der Waals surface area (Å²) in [6.07, 6.45) is 3.73. The van der Waals surface area contributed by atoms with Gasteiger partial charge in [0.15, 0.2) is 0 Å². The number of anilines is 1. The molecule has 5 heteroatoms. The molecule has 0 bridgehead atoms. The second-order valence-electron chi connectivity index (χ2n) is 5.02. The van der Waals surface area contributed by atoms with Gasteiger partial charge in [-0.1, -0.05) is 26.8 Å². The molecule has 1 aromatic carbocycles. The Balaban J connectivity index is 3.47. The van der Waals surface area contributed by atoms with E-state index in [4.69, 9.17) is 5.73 Å². The predicted molar refractivity (Wildman–Crippen MR) is 88.9 cm³/mol. The minimum atomic E-state index is -3.54. The van der Waals surface area contributed by atoms with Crippen molar-refractivity contribution >= 4 is 15.7 Å². The maximum Gasteiger partial charge on any atom is 0.243 e. The van der Waals surface area contributed by atoms with E-state index in [9.17, 15) is 8.42 Å². The monoisotopic (exact) mass is 310 g/mol. The Morgan fingerprint density at radius 3 is 2.38 bits per heavy atom. The third-order valence-corrected chi connectivity index (χ3v) is 5.42. The number of sulfonamides is 1. The third-order valence-electron chi connectivity index (χ3n) is 3.49. The van der Waals surface area contributed by atoms with E-state index < -0.39 is 10.0 Å². The van der Waals surface area contributed by atoms with Crippen LogP contribution in [0.4, 0.5) is 5.69 Å². The highest BCUT2D eigenvalue weighted by atomic mass is 32.2. The van der Waals surface area contributed by atoms with E-state index in [1.165, 1.54) is 4.31 Å². The van der Waals surface area contributed by atoms with E-state index in [-0.39, 0.29) is 0 Å². The lowest BCUT2D eigenvalue weighted by atomic mass is 10.1. The normalized spacial score (nSPS) is 11.8. The molecule has 1 aromatic rings. The number of benzene rings is 1. The lowest BCUT2D eigenvalue weighted by Crippen LogP contribution is -2.32. The largest absolute Gasteiger partial charge is 0.398 e. The van der Waals surface area contributed by atoms with Crippen molar-refractivity contribution in [3.8, 4) is 0 Å². The Bertz CT molecular complexity index is 595. The van der Waals surface area contributed by atoms with Crippen LogP contribution in [0.15, 0.2) is 29.7 Å². The summed E-state index contributed by atoms with van der Waals surface area (Å²) in [6.45, 7) is 10.3. The maximum atomic E-state index is 12.9. The van der Waals surface area contributed by atoms with Crippen LogP contribution >= 0.6 is 0 Å². The molecule has 2 N–H and O–H groups in total. The van der Waals surface area contributed by atoms with E-state index in [1.807, 2.05) is 26.8 Å². The van der Waals surface area contributed by atoms with Crippen LogP contribution in [-0.4, -0.2) is 25.8 Å². The van der Waals surface area contributed by atoms with Crippen LogP contribution in [0.25, 0.3) is 0 Å². The van der Waals surface area contributed by atoms with Gasteiger partial charge in [-0.2, -0.15) is 4.31 Å². The van der Waals surface area contributed by atoms with Gasteiger partial charge in [-0.3, -0.25) is 0 Å². The Morgan fingerprint density at radius 2 is 1.90 bits per heavy atom. The molecule has 0 aliphatic rings. The summed E-state index contributed by atoms with van der Waals surface area (Å²) in [4.78, 5) is 0.345. The Labute approximate surface area is 128 Å². The highest BCUT2D eigenvalue weighted by molar-refractivity contribution is 7.89. The summed E-state index contributed by atoms with van der Waals surface area (Å²) in [5.41, 5.74) is 8.26. The quantitative estimate of drug-likeness (QED) is 0.593. The lowest BCUT2D eigenvalue weighted by Gasteiger charge is -2.23. The summed E-state index contributed by atoms with van der Waals surface area (Å²) >= 11 is 0. The number of aryl methyl sites for hydroxylation is 1. The number of nitrogens with two attached hydrogens (primary N) is 1. The van der Waals surface area contributed by atoms with Crippen molar-refractivity contribution in [1.82, 2.24) is 4.31 Å². The maximum absolute atomic E-state index is 12.9. The Morgan fingerprint density at radius 1 is 1.24 bits per heavy atom. The van der Waals surface area contributed by atoms with Crippen molar-refractivity contribution in [2.45, 2.75) is 44.9 Å². The summed E-state index contributed by atoms with van der Waals surface area (Å²) in [6, 6.07) is 3.63. The summed E-state index contributed by atoms with van der Waals surface area (Å²) in [7, 11) is -3.54. The lowest BCUT2D eigenvalue weighted by molar-refractivity contribution is 0.441. The minimum Gasteiger partial charge on any atom is -0.398 e. The van der Waals surface area contributed by atoms with Crippen molar-refractivity contribution in [1.29, 1.82) is 0 Å². The fraction of sp³-hybridized carbons (Fsp3) is 0.500.